The summed E-state index contributed by atoms with van der Waals surface area (Å²) < 4.78 is 0. The first-order chi connectivity index (χ1) is 6.16. The molecule has 3 nitrogen and oxygen atoms in total. The maximum absolute atomic E-state index is 11.1. The molecule has 0 aliphatic rings. The zero-order valence-electron chi connectivity index (χ0n) is 8.84. The van der Waals surface area contributed by atoms with E-state index < -0.39 is 0 Å². The summed E-state index contributed by atoms with van der Waals surface area (Å²) in [7, 11) is 0. The first-order valence-corrected chi connectivity index (χ1v) is 4.98. The molecule has 1 N–H and O–H groups in total. The van der Waals surface area contributed by atoms with Gasteiger partial charge in [-0.25, -0.2) is 5.43 Å². The van der Waals surface area contributed by atoms with E-state index in [2.05, 4.69) is 17.5 Å². The highest BCUT2D eigenvalue weighted by Crippen LogP contribution is 1.97. The number of hydrazone groups is 1. The lowest BCUT2D eigenvalue weighted by Gasteiger charge is -1.99. The second-order valence-corrected chi connectivity index (χ2v) is 3.51. The van der Waals surface area contributed by atoms with Gasteiger partial charge in [0.2, 0.25) is 5.91 Å². The number of amides is 1. The van der Waals surface area contributed by atoms with E-state index in [0.29, 0.717) is 12.3 Å². The van der Waals surface area contributed by atoms with E-state index in [1.54, 1.807) is 6.21 Å². The predicted molar refractivity (Wildman–Crippen MR) is 55.6 cm³/mol. The van der Waals surface area contributed by atoms with E-state index in [1.165, 1.54) is 0 Å². The van der Waals surface area contributed by atoms with Gasteiger partial charge in [0.25, 0.3) is 0 Å². The SMILES string of the molecule is CCCCCC(=O)N/N=C/C(C)C. The first-order valence-electron chi connectivity index (χ1n) is 4.98. The van der Waals surface area contributed by atoms with Crippen LogP contribution in [0.5, 0.6) is 0 Å². The second-order valence-electron chi connectivity index (χ2n) is 3.51. The molecule has 0 heterocycles. The average Bonchev–Trinajstić information content (AvgIpc) is 2.04. The Morgan fingerprint density at radius 1 is 1.46 bits per heavy atom. The summed E-state index contributed by atoms with van der Waals surface area (Å²) in [6.45, 7) is 6.16. The van der Waals surface area contributed by atoms with E-state index in [0.717, 1.165) is 19.3 Å². The van der Waals surface area contributed by atoms with Crippen molar-refractivity contribution < 1.29 is 4.79 Å². The number of rotatable bonds is 6. The van der Waals surface area contributed by atoms with Crippen LogP contribution < -0.4 is 5.43 Å². The van der Waals surface area contributed by atoms with Gasteiger partial charge in [-0.2, -0.15) is 5.10 Å². The normalized spacial score (nSPS) is 11.1. The lowest BCUT2D eigenvalue weighted by atomic mass is 10.2. The van der Waals surface area contributed by atoms with Crippen LogP contribution in [0.3, 0.4) is 0 Å². The summed E-state index contributed by atoms with van der Waals surface area (Å²) in [6.07, 6.45) is 5.53. The molecule has 0 saturated carbocycles. The van der Waals surface area contributed by atoms with Crippen LogP contribution in [0, 0.1) is 5.92 Å². The van der Waals surface area contributed by atoms with Crippen molar-refractivity contribution in [2.75, 3.05) is 0 Å². The number of nitrogens with zero attached hydrogens (tertiary/aromatic N) is 1. The summed E-state index contributed by atoms with van der Waals surface area (Å²) in [6, 6.07) is 0. The Balaban J connectivity index is 3.40. The van der Waals surface area contributed by atoms with Gasteiger partial charge in [0.05, 0.1) is 0 Å². The molecule has 76 valence electrons. The van der Waals surface area contributed by atoms with Gasteiger partial charge in [0, 0.05) is 12.6 Å². The standard InChI is InChI=1S/C10H20N2O/c1-4-5-6-7-10(13)12-11-8-9(2)3/h8-9H,4-7H2,1-3H3,(H,12,13)/b11-8+. The highest BCUT2D eigenvalue weighted by Gasteiger charge is 1.97. The third kappa shape index (κ3) is 9.05. The van der Waals surface area contributed by atoms with Gasteiger partial charge in [-0.05, 0) is 12.3 Å². The number of hydrogen-bond acceptors (Lipinski definition) is 2. The summed E-state index contributed by atoms with van der Waals surface area (Å²) in [5, 5.41) is 3.82. The minimum Gasteiger partial charge on any atom is -0.273 e. The molecule has 0 aromatic rings. The van der Waals surface area contributed by atoms with Crippen molar-refractivity contribution >= 4 is 12.1 Å². The van der Waals surface area contributed by atoms with E-state index in [1.807, 2.05) is 13.8 Å². The number of carbonyl (C=O) groups is 1. The van der Waals surface area contributed by atoms with Crippen molar-refractivity contribution in [1.82, 2.24) is 5.43 Å². The fraction of sp³-hybridized carbons (Fsp3) is 0.800. The fourth-order valence-electron chi connectivity index (χ4n) is 0.850. The van der Waals surface area contributed by atoms with Crippen LogP contribution in [0.2, 0.25) is 0 Å². The molecular weight excluding hydrogens is 164 g/mol. The van der Waals surface area contributed by atoms with Crippen molar-refractivity contribution in [2.45, 2.75) is 46.5 Å². The Bertz CT molecular complexity index is 164. The Morgan fingerprint density at radius 3 is 2.69 bits per heavy atom. The molecule has 13 heavy (non-hydrogen) atoms. The lowest BCUT2D eigenvalue weighted by Crippen LogP contribution is -2.17. The zero-order valence-corrected chi connectivity index (χ0v) is 8.84. The van der Waals surface area contributed by atoms with Crippen LogP contribution in [0.4, 0.5) is 0 Å². The van der Waals surface area contributed by atoms with Crippen LogP contribution in [-0.2, 0) is 4.79 Å². The largest absolute Gasteiger partial charge is 0.273 e. The van der Waals surface area contributed by atoms with Gasteiger partial charge in [0.15, 0.2) is 0 Å². The molecule has 0 aliphatic heterocycles. The van der Waals surface area contributed by atoms with Crippen LogP contribution in [0.15, 0.2) is 5.10 Å². The van der Waals surface area contributed by atoms with Crippen molar-refractivity contribution in [3.8, 4) is 0 Å². The summed E-state index contributed by atoms with van der Waals surface area (Å²) >= 11 is 0. The van der Waals surface area contributed by atoms with Gasteiger partial charge < -0.3 is 0 Å². The van der Waals surface area contributed by atoms with Crippen molar-refractivity contribution in [3.05, 3.63) is 0 Å². The average molecular weight is 184 g/mol. The molecule has 0 rings (SSSR count). The highest BCUT2D eigenvalue weighted by molar-refractivity contribution is 5.76. The molecule has 0 spiro atoms. The van der Waals surface area contributed by atoms with E-state index >= 15 is 0 Å². The maximum atomic E-state index is 11.1. The molecule has 3 heteroatoms. The smallest absolute Gasteiger partial charge is 0.240 e. The van der Waals surface area contributed by atoms with Gasteiger partial charge in [-0.3, -0.25) is 4.79 Å². The Hall–Kier alpha value is -0.860. The summed E-state index contributed by atoms with van der Waals surface area (Å²) in [5.74, 6) is 0.404. The third-order valence-electron chi connectivity index (χ3n) is 1.57. The van der Waals surface area contributed by atoms with E-state index in [-0.39, 0.29) is 5.91 Å². The number of nitrogens with one attached hydrogen (secondary N) is 1. The minimum atomic E-state index is 0.0188. The molecule has 0 radical (unpaired) electrons. The third-order valence-corrected chi connectivity index (χ3v) is 1.57. The zero-order chi connectivity index (χ0) is 10.1. The Kier molecular flexibility index (Phi) is 7.26. The van der Waals surface area contributed by atoms with E-state index in [4.69, 9.17) is 0 Å². The number of carbonyl (C=O) groups excluding carboxylic acids is 1. The molecule has 0 aliphatic carbocycles. The molecule has 0 unspecified atom stereocenters. The van der Waals surface area contributed by atoms with Gasteiger partial charge >= 0.3 is 0 Å². The van der Waals surface area contributed by atoms with Crippen LogP contribution in [0.25, 0.3) is 0 Å². The summed E-state index contributed by atoms with van der Waals surface area (Å²) in [4.78, 5) is 11.1. The van der Waals surface area contributed by atoms with Crippen molar-refractivity contribution in [1.29, 1.82) is 0 Å². The Labute approximate surface area is 80.6 Å². The highest BCUT2D eigenvalue weighted by atomic mass is 16.2. The van der Waals surface area contributed by atoms with Gasteiger partial charge in [0.1, 0.15) is 0 Å². The Morgan fingerprint density at radius 2 is 2.15 bits per heavy atom. The molecule has 0 aromatic heterocycles. The number of hydrogen-bond donors (Lipinski definition) is 1. The van der Waals surface area contributed by atoms with Crippen LogP contribution in [0.1, 0.15) is 46.5 Å². The van der Waals surface area contributed by atoms with Crippen molar-refractivity contribution in [3.63, 3.8) is 0 Å². The summed E-state index contributed by atoms with van der Waals surface area (Å²) in [5.41, 5.74) is 2.50. The van der Waals surface area contributed by atoms with Gasteiger partial charge in [-0.1, -0.05) is 33.6 Å². The van der Waals surface area contributed by atoms with Crippen LogP contribution in [-0.4, -0.2) is 12.1 Å². The molecule has 0 atom stereocenters. The number of unbranched alkanes of at least 4 members (excludes halogenated alkanes) is 2. The molecule has 0 fully saturated rings. The predicted octanol–water partition coefficient (Wildman–Crippen LogP) is 2.32. The second kappa shape index (κ2) is 7.77. The van der Waals surface area contributed by atoms with Crippen molar-refractivity contribution in [2.24, 2.45) is 11.0 Å². The fourth-order valence-corrected chi connectivity index (χ4v) is 0.850. The topological polar surface area (TPSA) is 41.5 Å². The minimum absolute atomic E-state index is 0.0188. The van der Waals surface area contributed by atoms with Gasteiger partial charge in [-0.15, -0.1) is 0 Å². The maximum Gasteiger partial charge on any atom is 0.240 e. The quantitative estimate of drug-likeness (QED) is 0.384. The molecule has 0 bridgehead atoms. The monoisotopic (exact) mass is 184 g/mol. The molecule has 1 amide bonds. The van der Waals surface area contributed by atoms with E-state index in [9.17, 15) is 4.79 Å². The molecule has 0 saturated heterocycles. The molecular formula is C10H20N2O. The first kappa shape index (κ1) is 12.1. The molecule has 0 aromatic carbocycles. The lowest BCUT2D eigenvalue weighted by molar-refractivity contribution is -0.121. The van der Waals surface area contributed by atoms with Crippen LogP contribution >= 0.6 is 0 Å².